The average Bonchev–Trinajstić information content (AvgIpc) is 2.92. The van der Waals surface area contributed by atoms with Crippen molar-refractivity contribution in [2.24, 2.45) is 0 Å². The van der Waals surface area contributed by atoms with Crippen LogP contribution in [-0.4, -0.2) is 62.2 Å². The number of methoxy groups -OCH3 is 2. The number of rotatable bonds is 6. The normalized spacial score (nSPS) is 13.1. The predicted molar refractivity (Wildman–Crippen MR) is 154 cm³/mol. The molecular formula is C27H26Cl2N4O4S. The van der Waals surface area contributed by atoms with E-state index in [4.69, 9.17) is 44.9 Å². The van der Waals surface area contributed by atoms with Gasteiger partial charge in [0.15, 0.2) is 5.11 Å². The molecule has 0 unspecified atom stereocenters. The summed E-state index contributed by atoms with van der Waals surface area (Å²) in [7, 11) is 3.12. The molecule has 0 saturated carbocycles. The number of thiocarbonyl (C=S) groups is 1. The van der Waals surface area contributed by atoms with Crippen LogP contribution in [0.4, 0.5) is 11.4 Å². The van der Waals surface area contributed by atoms with Crippen LogP contribution in [0.5, 0.6) is 11.5 Å². The van der Waals surface area contributed by atoms with Gasteiger partial charge in [-0.05, 0) is 66.8 Å². The van der Waals surface area contributed by atoms with Crippen LogP contribution in [0.2, 0.25) is 10.0 Å². The van der Waals surface area contributed by atoms with Crippen molar-refractivity contribution in [3.63, 3.8) is 0 Å². The minimum Gasteiger partial charge on any atom is -0.497 e. The predicted octanol–water partition coefficient (Wildman–Crippen LogP) is 5.10. The van der Waals surface area contributed by atoms with E-state index in [2.05, 4.69) is 15.5 Å². The van der Waals surface area contributed by atoms with E-state index in [-0.39, 0.29) is 21.6 Å². The number of anilines is 2. The lowest BCUT2D eigenvalue weighted by molar-refractivity contribution is 0.0745. The summed E-state index contributed by atoms with van der Waals surface area (Å²) < 4.78 is 10.6. The van der Waals surface area contributed by atoms with Crippen molar-refractivity contribution in [2.45, 2.75) is 0 Å². The van der Waals surface area contributed by atoms with Crippen LogP contribution in [0.3, 0.4) is 0 Å². The standard InChI is InChI=1S/C27H26Cl2N4O4S/c1-36-21-13-17(14-22(16-21)37-2)26(35)33-11-9-32(10-12-33)20-6-4-19(5-7-20)30-27(38)31-25(34)23-8-3-18(28)15-24(23)29/h3-8,13-16H,9-12H2,1-2H3,(H2,30,31,34,38). The van der Waals surface area contributed by atoms with Crippen LogP contribution in [0.15, 0.2) is 60.7 Å². The van der Waals surface area contributed by atoms with Crippen LogP contribution >= 0.6 is 35.4 Å². The molecule has 2 amide bonds. The molecule has 0 bridgehead atoms. The Morgan fingerprint density at radius 2 is 1.50 bits per heavy atom. The molecule has 1 aliphatic heterocycles. The highest BCUT2D eigenvalue weighted by atomic mass is 35.5. The fourth-order valence-electron chi connectivity index (χ4n) is 4.04. The third kappa shape index (κ3) is 6.66. The van der Waals surface area contributed by atoms with Crippen molar-refractivity contribution < 1.29 is 19.1 Å². The summed E-state index contributed by atoms with van der Waals surface area (Å²) in [4.78, 5) is 29.6. The summed E-state index contributed by atoms with van der Waals surface area (Å²) in [6, 6.07) is 17.5. The summed E-state index contributed by atoms with van der Waals surface area (Å²) in [6.07, 6.45) is 0. The Bertz CT molecular complexity index is 1320. The van der Waals surface area contributed by atoms with Crippen LogP contribution < -0.4 is 25.0 Å². The summed E-state index contributed by atoms with van der Waals surface area (Å²) in [5.74, 6) is 0.665. The number of benzene rings is 3. The second kappa shape index (κ2) is 12.3. The van der Waals surface area contributed by atoms with Gasteiger partial charge in [-0.3, -0.25) is 14.9 Å². The molecule has 0 aromatic heterocycles. The first-order valence-corrected chi connectivity index (χ1v) is 12.9. The average molecular weight is 574 g/mol. The number of piperazine rings is 1. The van der Waals surface area contributed by atoms with Gasteiger partial charge in [-0.2, -0.15) is 0 Å². The number of hydrogen-bond donors (Lipinski definition) is 2. The van der Waals surface area contributed by atoms with E-state index >= 15 is 0 Å². The smallest absolute Gasteiger partial charge is 0.258 e. The Kier molecular flexibility index (Phi) is 8.93. The topological polar surface area (TPSA) is 83.1 Å². The summed E-state index contributed by atoms with van der Waals surface area (Å²) in [5, 5.41) is 6.45. The quantitative estimate of drug-likeness (QED) is 0.397. The number of hydrogen-bond acceptors (Lipinski definition) is 6. The van der Waals surface area contributed by atoms with Crippen molar-refractivity contribution in [2.75, 3.05) is 50.6 Å². The maximum absolute atomic E-state index is 13.1. The van der Waals surface area contributed by atoms with Crippen LogP contribution in [0.25, 0.3) is 0 Å². The van der Waals surface area contributed by atoms with Crippen molar-refractivity contribution in [1.82, 2.24) is 10.2 Å². The number of halogens is 2. The van der Waals surface area contributed by atoms with E-state index < -0.39 is 5.91 Å². The van der Waals surface area contributed by atoms with E-state index in [0.717, 1.165) is 11.4 Å². The van der Waals surface area contributed by atoms with Gasteiger partial charge in [-0.15, -0.1) is 0 Å². The molecule has 198 valence electrons. The molecule has 0 spiro atoms. The second-order valence-electron chi connectivity index (χ2n) is 8.46. The molecular weight excluding hydrogens is 547 g/mol. The van der Waals surface area contributed by atoms with Crippen LogP contribution in [0.1, 0.15) is 20.7 Å². The first kappa shape index (κ1) is 27.5. The molecule has 0 radical (unpaired) electrons. The molecule has 0 aliphatic carbocycles. The SMILES string of the molecule is COc1cc(OC)cc(C(=O)N2CCN(c3ccc(NC(=S)NC(=O)c4ccc(Cl)cc4Cl)cc3)CC2)c1. The highest BCUT2D eigenvalue weighted by Gasteiger charge is 2.23. The summed E-state index contributed by atoms with van der Waals surface area (Å²) in [6.45, 7) is 2.55. The van der Waals surface area contributed by atoms with Crippen molar-refractivity contribution in [1.29, 1.82) is 0 Å². The third-order valence-electron chi connectivity index (χ3n) is 6.06. The fraction of sp³-hybridized carbons (Fsp3) is 0.222. The Hall–Kier alpha value is -3.53. The monoisotopic (exact) mass is 572 g/mol. The minimum atomic E-state index is -0.430. The molecule has 0 atom stereocenters. The molecule has 2 N–H and O–H groups in total. The van der Waals surface area contributed by atoms with Gasteiger partial charge in [0.25, 0.3) is 11.8 Å². The van der Waals surface area contributed by atoms with E-state index in [1.54, 1.807) is 38.5 Å². The minimum absolute atomic E-state index is 0.0585. The van der Waals surface area contributed by atoms with Gasteiger partial charge in [-0.1, -0.05) is 23.2 Å². The number of carbonyl (C=O) groups excluding carboxylic acids is 2. The lowest BCUT2D eigenvalue weighted by Crippen LogP contribution is -2.48. The Morgan fingerprint density at radius 3 is 2.08 bits per heavy atom. The summed E-state index contributed by atoms with van der Waals surface area (Å²) in [5.41, 5.74) is 2.56. The van der Waals surface area contributed by atoms with Crippen LogP contribution in [-0.2, 0) is 0 Å². The van der Waals surface area contributed by atoms with E-state index in [1.807, 2.05) is 29.2 Å². The molecule has 3 aromatic carbocycles. The number of ether oxygens (including phenoxy) is 2. The molecule has 8 nitrogen and oxygen atoms in total. The van der Waals surface area contributed by atoms with E-state index in [0.29, 0.717) is 48.3 Å². The molecule has 3 aromatic rings. The van der Waals surface area contributed by atoms with Gasteiger partial charge in [0, 0.05) is 54.2 Å². The number of nitrogens with one attached hydrogen (secondary N) is 2. The Labute approximate surface area is 236 Å². The number of nitrogens with zero attached hydrogens (tertiary/aromatic N) is 2. The maximum Gasteiger partial charge on any atom is 0.258 e. The zero-order chi connectivity index (χ0) is 27.2. The van der Waals surface area contributed by atoms with Crippen LogP contribution in [0, 0.1) is 0 Å². The molecule has 1 aliphatic rings. The van der Waals surface area contributed by atoms with Crippen molar-refractivity contribution in [3.05, 3.63) is 81.8 Å². The van der Waals surface area contributed by atoms with Gasteiger partial charge in [0.1, 0.15) is 11.5 Å². The Morgan fingerprint density at radius 1 is 0.868 bits per heavy atom. The van der Waals surface area contributed by atoms with E-state index in [9.17, 15) is 9.59 Å². The lowest BCUT2D eigenvalue weighted by atomic mass is 10.1. The molecule has 4 rings (SSSR count). The van der Waals surface area contributed by atoms with Gasteiger partial charge in [0.05, 0.1) is 24.8 Å². The maximum atomic E-state index is 13.1. The van der Waals surface area contributed by atoms with Gasteiger partial charge in [-0.25, -0.2) is 0 Å². The first-order valence-electron chi connectivity index (χ1n) is 11.7. The highest BCUT2D eigenvalue weighted by molar-refractivity contribution is 7.80. The zero-order valence-corrected chi connectivity index (χ0v) is 23.1. The number of carbonyl (C=O) groups is 2. The van der Waals surface area contributed by atoms with Gasteiger partial charge in [0.2, 0.25) is 0 Å². The molecule has 11 heteroatoms. The highest BCUT2D eigenvalue weighted by Crippen LogP contribution is 2.25. The van der Waals surface area contributed by atoms with Crippen molar-refractivity contribution in [3.8, 4) is 11.5 Å². The lowest BCUT2D eigenvalue weighted by Gasteiger charge is -2.36. The van der Waals surface area contributed by atoms with Crippen molar-refractivity contribution >= 4 is 63.7 Å². The largest absolute Gasteiger partial charge is 0.497 e. The number of amides is 2. The molecule has 1 heterocycles. The summed E-state index contributed by atoms with van der Waals surface area (Å²) >= 11 is 17.3. The third-order valence-corrected chi connectivity index (χ3v) is 6.81. The second-order valence-corrected chi connectivity index (χ2v) is 9.71. The molecule has 1 fully saturated rings. The first-order chi connectivity index (χ1) is 18.3. The fourth-order valence-corrected chi connectivity index (χ4v) is 4.75. The van der Waals surface area contributed by atoms with E-state index in [1.165, 1.54) is 12.1 Å². The molecule has 1 saturated heterocycles. The van der Waals surface area contributed by atoms with Gasteiger partial charge >= 0.3 is 0 Å². The Balaban J connectivity index is 1.30. The zero-order valence-electron chi connectivity index (χ0n) is 20.8. The molecule has 38 heavy (non-hydrogen) atoms. The van der Waals surface area contributed by atoms with Gasteiger partial charge < -0.3 is 24.6 Å².